The third kappa shape index (κ3) is 5.12. The summed E-state index contributed by atoms with van der Waals surface area (Å²) in [5.74, 6) is 0.397. The van der Waals surface area contributed by atoms with Gasteiger partial charge in [0.2, 0.25) is 10.0 Å². The minimum Gasteiger partial charge on any atom is -0.340 e. The zero-order valence-corrected chi connectivity index (χ0v) is 20.1. The molecule has 12 heteroatoms. The quantitative estimate of drug-likeness (QED) is 0.339. The Balaban J connectivity index is 1.40. The topological polar surface area (TPSA) is 88.1 Å². The molecule has 5 rings (SSSR count). The van der Waals surface area contributed by atoms with E-state index in [0.29, 0.717) is 22.4 Å². The van der Waals surface area contributed by atoms with E-state index in [9.17, 15) is 26.0 Å². The normalized spacial score (nSPS) is 15.7. The number of piperidine rings is 1. The number of pyridine rings is 1. The maximum absolute atomic E-state index is 13.4. The molecule has 0 saturated carbocycles. The third-order valence-corrected chi connectivity index (χ3v) is 8.07. The molecule has 37 heavy (non-hydrogen) atoms. The second-order valence-electron chi connectivity index (χ2n) is 8.58. The van der Waals surface area contributed by atoms with E-state index in [4.69, 9.17) is 0 Å². The lowest BCUT2D eigenvalue weighted by Crippen LogP contribution is -2.38. The summed E-state index contributed by atoms with van der Waals surface area (Å²) in [4.78, 5) is 12.5. The number of hydrogen-bond acceptors (Lipinski definition) is 6. The molecule has 0 aliphatic carbocycles. The number of nitrogens with one attached hydrogen (secondary N) is 1. The molecule has 1 fully saturated rings. The molecule has 3 heterocycles. The minimum atomic E-state index is -4.56. The van der Waals surface area contributed by atoms with Gasteiger partial charge in [-0.2, -0.15) is 17.5 Å². The molecule has 2 aromatic heterocycles. The van der Waals surface area contributed by atoms with Crippen molar-refractivity contribution >= 4 is 32.4 Å². The fourth-order valence-corrected chi connectivity index (χ4v) is 5.70. The van der Waals surface area contributed by atoms with Crippen LogP contribution in [0.15, 0.2) is 72.0 Å². The zero-order valence-electron chi connectivity index (χ0n) is 19.3. The van der Waals surface area contributed by atoms with E-state index >= 15 is 0 Å². The summed E-state index contributed by atoms with van der Waals surface area (Å²) < 4.78 is 80.7. The lowest BCUT2D eigenvalue weighted by Gasteiger charge is -2.27. The highest BCUT2D eigenvalue weighted by molar-refractivity contribution is 7.89. The lowest BCUT2D eigenvalue weighted by atomic mass is 10.0. The highest BCUT2D eigenvalue weighted by atomic mass is 32.2. The monoisotopic (exact) mass is 531 g/mol. The van der Waals surface area contributed by atoms with E-state index in [1.54, 1.807) is 18.2 Å². The number of benzene rings is 2. The van der Waals surface area contributed by atoms with Crippen LogP contribution in [0.2, 0.25) is 0 Å². The first-order valence-corrected chi connectivity index (χ1v) is 12.9. The first-order valence-electron chi connectivity index (χ1n) is 11.4. The summed E-state index contributed by atoms with van der Waals surface area (Å²) in [6, 6.07) is 12.9. The highest BCUT2D eigenvalue weighted by Crippen LogP contribution is 2.37. The van der Waals surface area contributed by atoms with Crippen molar-refractivity contribution in [3.05, 3.63) is 72.7 Å². The molecule has 0 bridgehead atoms. The molecule has 0 atom stereocenters. The zero-order chi connectivity index (χ0) is 26.2. The van der Waals surface area contributed by atoms with Gasteiger partial charge in [-0.15, -0.1) is 0 Å². The predicted octanol–water partition coefficient (Wildman–Crippen LogP) is 5.58. The molecule has 0 spiro atoms. The van der Waals surface area contributed by atoms with Crippen LogP contribution in [0.25, 0.3) is 22.2 Å². The van der Waals surface area contributed by atoms with Gasteiger partial charge in [0.25, 0.3) is 0 Å². The van der Waals surface area contributed by atoms with Gasteiger partial charge < -0.3 is 5.32 Å². The minimum absolute atomic E-state index is 0.100. The first kappa shape index (κ1) is 25.0. The van der Waals surface area contributed by atoms with Gasteiger partial charge in [0.05, 0.1) is 21.7 Å². The SMILES string of the molecule is O=S(=O)(c1ccc(Nc2ncnc3cc(-c4ncccc4C(F)(F)F)ccc23)cc1)N1CCC(F)CC1. The second kappa shape index (κ2) is 9.67. The van der Waals surface area contributed by atoms with Crippen molar-refractivity contribution in [1.82, 2.24) is 19.3 Å². The standard InChI is InChI=1S/C25H21F4N5O2S/c26-17-9-12-34(13-10-17)37(35,36)19-6-4-18(5-7-19)33-24-20-8-3-16(14-22(20)31-15-32-24)23-21(25(27,28)29)2-1-11-30-23/h1-8,11,14-15,17H,9-10,12-13H2,(H,31,32,33). The van der Waals surface area contributed by atoms with E-state index in [2.05, 4.69) is 20.3 Å². The third-order valence-electron chi connectivity index (χ3n) is 6.16. The Labute approximate surface area is 210 Å². The summed E-state index contributed by atoms with van der Waals surface area (Å²) in [5, 5.41) is 3.66. The molecule has 0 unspecified atom stereocenters. The van der Waals surface area contributed by atoms with Gasteiger partial charge in [-0.3, -0.25) is 4.98 Å². The van der Waals surface area contributed by atoms with Crippen molar-refractivity contribution in [2.75, 3.05) is 18.4 Å². The van der Waals surface area contributed by atoms with Gasteiger partial charge in [0.1, 0.15) is 18.3 Å². The maximum Gasteiger partial charge on any atom is 0.418 e. The molecular formula is C25H21F4N5O2S. The largest absolute Gasteiger partial charge is 0.418 e. The molecule has 192 valence electrons. The Bertz CT molecular complexity index is 1540. The van der Waals surface area contributed by atoms with Crippen molar-refractivity contribution in [2.45, 2.75) is 30.1 Å². The van der Waals surface area contributed by atoms with Gasteiger partial charge in [-0.05, 0) is 61.4 Å². The predicted molar refractivity (Wildman–Crippen MR) is 130 cm³/mol. The van der Waals surface area contributed by atoms with Crippen molar-refractivity contribution in [3.8, 4) is 11.3 Å². The van der Waals surface area contributed by atoms with Crippen molar-refractivity contribution in [3.63, 3.8) is 0 Å². The smallest absolute Gasteiger partial charge is 0.340 e. The van der Waals surface area contributed by atoms with E-state index in [-0.39, 0.29) is 42.1 Å². The number of aromatic nitrogens is 3. The molecule has 1 aliphatic rings. The summed E-state index contributed by atoms with van der Waals surface area (Å²) in [7, 11) is -3.73. The average Bonchev–Trinajstić information content (AvgIpc) is 2.89. The Morgan fingerprint density at radius 2 is 1.68 bits per heavy atom. The molecule has 1 aliphatic heterocycles. The van der Waals surface area contributed by atoms with Gasteiger partial charge in [0.15, 0.2) is 0 Å². The van der Waals surface area contributed by atoms with Crippen molar-refractivity contribution in [1.29, 1.82) is 0 Å². The molecule has 0 radical (unpaired) electrons. The second-order valence-corrected chi connectivity index (χ2v) is 10.5. The van der Waals surface area contributed by atoms with Crippen LogP contribution in [-0.2, 0) is 16.2 Å². The maximum atomic E-state index is 13.4. The molecule has 0 amide bonds. The Morgan fingerprint density at radius 1 is 0.946 bits per heavy atom. The lowest BCUT2D eigenvalue weighted by molar-refractivity contribution is -0.137. The molecular weight excluding hydrogens is 510 g/mol. The summed E-state index contributed by atoms with van der Waals surface area (Å²) >= 11 is 0. The van der Waals surface area contributed by atoms with Crippen molar-refractivity contribution < 1.29 is 26.0 Å². The van der Waals surface area contributed by atoms with Crippen LogP contribution in [0.5, 0.6) is 0 Å². The summed E-state index contributed by atoms with van der Waals surface area (Å²) in [6.45, 7) is 0.281. The van der Waals surface area contributed by atoms with E-state index < -0.39 is 27.9 Å². The Morgan fingerprint density at radius 3 is 2.38 bits per heavy atom. The van der Waals surface area contributed by atoms with Crippen LogP contribution in [0.1, 0.15) is 18.4 Å². The highest BCUT2D eigenvalue weighted by Gasteiger charge is 2.34. The molecule has 1 saturated heterocycles. The van der Waals surface area contributed by atoms with E-state index in [1.807, 2.05) is 0 Å². The average molecular weight is 532 g/mol. The van der Waals surface area contributed by atoms with Gasteiger partial charge in [0, 0.05) is 35.9 Å². The number of nitrogens with zero attached hydrogens (tertiary/aromatic N) is 4. The fourth-order valence-electron chi connectivity index (χ4n) is 4.23. The Kier molecular flexibility index (Phi) is 6.54. The number of fused-ring (bicyclic) bond motifs is 1. The van der Waals surface area contributed by atoms with Crippen LogP contribution in [0.4, 0.5) is 29.1 Å². The van der Waals surface area contributed by atoms with Gasteiger partial charge in [-0.1, -0.05) is 6.07 Å². The molecule has 2 aromatic carbocycles. The van der Waals surface area contributed by atoms with Gasteiger partial charge >= 0.3 is 6.18 Å². The first-order chi connectivity index (χ1) is 17.6. The number of rotatable bonds is 5. The fraction of sp³-hybridized carbons (Fsp3) is 0.240. The van der Waals surface area contributed by atoms with Gasteiger partial charge in [-0.25, -0.2) is 22.8 Å². The number of hydrogen-bond donors (Lipinski definition) is 1. The van der Waals surface area contributed by atoms with E-state index in [1.165, 1.54) is 47.2 Å². The molecule has 7 nitrogen and oxygen atoms in total. The van der Waals surface area contributed by atoms with Crippen LogP contribution in [0, 0.1) is 0 Å². The molecule has 4 aromatic rings. The van der Waals surface area contributed by atoms with E-state index in [0.717, 1.165) is 6.07 Å². The number of alkyl halides is 4. The van der Waals surface area contributed by atoms with Crippen LogP contribution < -0.4 is 5.32 Å². The summed E-state index contributed by atoms with van der Waals surface area (Å²) in [6.07, 6.45) is -2.59. The summed E-state index contributed by atoms with van der Waals surface area (Å²) in [5.41, 5.74) is 0.179. The van der Waals surface area contributed by atoms with Crippen molar-refractivity contribution in [2.24, 2.45) is 0 Å². The Hall–Kier alpha value is -3.64. The van der Waals surface area contributed by atoms with Crippen LogP contribution in [0.3, 0.4) is 0 Å². The number of anilines is 2. The molecule has 1 N–H and O–H groups in total. The number of sulfonamides is 1. The van der Waals surface area contributed by atoms with Crippen LogP contribution >= 0.6 is 0 Å². The number of halogens is 4. The van der Waals surface area contributed by atoms with Crippen LogP contribution in [-0.4, -0.2) is 46.9 Å².